The van der Waals surface area contributed by atoms with Crippen molar-refractivity contribution in [2.24, 2.45) is 5.41 Å². The van der Waals surface area contributed by atoms with Crippen LogP contribution in [0.25, 0.3) is 16.5 Å². The van der Waals surface area contributed by atoms with Gasteiger partial charge in [-0.3, -0.25) is 4.79 Å². The monoisotopic (exact) mass is 298 g/mol. The van der Waals surface area contributed by atoms with Crippen molar-refractivity contribution >= 4 is 22.3 Å². The van der Waals surface area contributed by atoms with Crippen molar-refractivity contribution in [1.29, 1.82) is 0 Å². The number of carbonyl (C=O) groups is 1. The number of carbonyl (C=O) groups excluding carboxylic acids is 1. The molecule has 0 radical (unpaired) electrons. The Hall–Kier alpha value is -2.36. The van der Waals surface area contributed by atoms with Gasteiger partial charge in [0.1, 0.15) is 22.7 Å². The Morgan fingerprint density at radius 2 is 1.86 bits per heavy atom. The first-order chi connectivity index (χ1) is 10.3. The maximum atomic E-state index is 12.4. The summed E-state index contributed by atoms with van der Waals surface area (Å²) in [5.41, 5.74) is 1.02. The van der Waals surface area contributed by atoms with E-state index in [1.165, 1.54) is 0 Å². The fraction of sp³-hybridized carbons (Fsp3) is 0.333. The van der Waals surface area contributed by atoms with E-state index in [1.54, 1.807) is 24.3 Å². The number of hydrogen-bond donors (Lipinski definition) is 1. The van der Waals surface area contributed by atoms with Gasteiger partial charge in [0.25, 0.3) is 0 Å². The average molecular weight is 298 g/mol. The van der Waals surface area contributed by atoms with E-state index in [4.69, 9.17) is 4.42 Å². The van der Waals surface area contributed by atoms with Crippen LogP contribution in [0, 0.1) is 5.41 Å². The molecule has 22 heavy (non-hydrogen) atoms. The van der Waals surface area contributed by atoms with Crippen LogP contribution in [0.3, 0.4) is 0 Å². The highest BCUT2D eigenvalue weighted by Crippen LogP contribution is 2.46. The van der Waals surface area contributed by atoms with Gasteiger partial charge in [-0.2, -0.15) is 0 Å². The lowest BCUT2D eigenvalue weighted by atomic mass is 9.70. The lowest BCUT2D eigenvalue weighted by Gasteiger charge is -2.33. The van der Waals surface area contributed by atoms with Crippen molar-refractivity contribution < 1.29 is 14.3 Å². The summed E-state index contributed by atoms with van der Waals surface area (Å²) in [6.45, 7) is 5.66. The molecule has 0 amide bonds. The quantitative estimate of drug-likeness (QED) is 0.816. The van der Waals surface area contributed by atoms with Crippen molar-refractivity contribution in [3.8, 4) is 5.75 Å². The van der Waals surface area contributed by atoms with E-state index in [0.29, 0.717) is 23.8 Å². The van der Waals surface area contributed by atoms with E-state index in [-0.39, 0.29) is 17.1 Å². The molecule has 0 unspecified atom stereocenters. The fourth-order valence-electron chi connectivity index (χ4n) is 3.51. The number of aromatic hydroxyl groups is 1. The summed E-state index contributed by atoms with van der Waals surface area (Å²) in [5.74, 6) is 0.0829. The minimum atomic E-state index is -0.562. The van der Waals surface area contributed by atoms with E-state index in [2.05, 4.69) is 0 Å². The molecule has 1 aromatic carbocycles. The van der Waals surface area contributed by atoms with Gasteiger partial charge in [-0.05, 0) is 30.0 Å². The number of benzene rings is 1. The first kappa shape index (κ1) is 14.6. The average Bonchev–Trinajstić information content (AvgIpc) is 2.40. The molecule has 0 bridgehead atoms. The second kappa shape index (κ2) is 4.83. The molecule has 0 saturated carbocycles. The van der Waals surface area contributed by atoms with Crippen LogP contribution in [0.1, 0.15) is 39.2 Å². The number of ketones is 1. The SMILES string of the molecule is CC1=C(c2c(O)c3ccccc3oc2=O)C(C)(C)CC(=O)C1. The third-order valence-corrected chi connectivity index (χ3v) is 4.24. The van der Waals surface area contributed by atoms with Gasteiger partial charge in [-0.15, -0.1) is 0 Å². The third-order valence-electron chi connectivity index (χ3n) is 4.24. The summed E-state index contributed by atoms with van der Waals surface area (Å²) in [6.07, 6.45) is 0.663. The van der Waals surface area contributed by atoms with Gasteiger partial charge in [0.05, 0.1) is 5.39 Å². The second-order valence-corrected chi connectivity index (χ2v) is 6.54. The highest BCUT2D eigenvalue weighted by atomic mass is 16.4. The van der Waals surface area contributed by atoms with Crippen molar-refractivity contribution in [2.45, 2.75) is 33.6 Å². The van der Waals surface area contributed by atoms with Gasteiger partial charge < -0.3 is 9.52 Å². The zero-order valence-electron chi connectivity index (χ0n) is 12.9. The van der Waals surface area contributed by atoms with Crippen LogP contribution in [-0.4, -0.2) is 10.9 Å². The summed E-state index contributed by atoms with van der Waals surface area (Å²) >= 11 is 0. The molecule has 1 aromatic heterocycles. The molecule has 1 aliphatic carbocycles. The Morgan fingerprint density at radius 3 is 2.55 bits per heavy atom. The van der Waals surface area contributed by atoms with Gasteiger partial charge in [-0.25, -0.2) is 4.79 Å². The van der Waals surface area contributed by atoms with Crippen molar-refractivity contribution in [1.82, 2.24) is 0 Å². The summed E-state index contributed by atoms with van der Waals surface area (Å²) in [6, 6.07) is 6.89. The van der Waals surface area contributed by atoms with Crippen LogP contribution >= 0.6 is 0 Å². The van der Waals surface area contributed by atoms with E-state index in [9.17, 15) is 14.7 Å². The number of rotatable bonds is 1. The van der Waals surface area contributed by atoms with Crippen molar-refractivity contribution in [3.63, 3.8) is 0 Å². The molecule has 4 heteroatoms. The Balaban J connectivity index is 2.37. The van der Waals surface area contributed by atoms with E-state index in [1.807, 2.05) is 20.8 Å². The molecule has 2 aromatic rings. The smallest absolute Gasteiger partial charge is 0.347 e. The van der Waals surface area contributed by atoms with Gasteiger partial charge in [0.2, 0.25) is 0 Å². The number of Topliss-reactive ketones (excluding diaryl/α,β-unsaturated/α-hetero) is 1. The zero-order chi connectivity index (χ0) is 16.1. The normalized spacial score (nSPS) is 18.0. The molecule has 3 rings (SSSR count). The molecular formula is C18H18O4. The number of allylic oxidation sites excluding steroid dienone is 2. The molecule has 0 saturated heterocycles. The second-order valence-electron chi connectivity index (χ2n) is 6.54. The Labute approximate surface area is 128 Å². The fourth-order valence-corrected chi connectivity index (χ4v) is 3.51. The lowest BCUT2D eigenvalue weighted by Crippen LogP contribution is -2.27. The van der Waals surface area contributed by atoms with E-state index < -0.39 is 11.0 Å². The summed E-state index contributed by atoms with van der Waals surface area (Å²) in [7, 11) is 0. The minimum Gasteiger partial charge on any atom is -0.506 e. The van der Waals surface area contributed by atoms with Crippen LogP contribution in [-0.2, 0) is 4.79 Å². The van der Waals surface area contributed by atoms with Gasteiger partial charge in [0.15, 0.2) is 0 Å². The lowest BCUT2D eigenvalue weighted by molar-refractivity contribution is -0.120. The number of fused-ring (bicyclic) bond motifs is 1. The maximum absolute atomic E-state index is 12.4. The Kier molecular flexibility index (Phi) is 3.20. The third kappa shape index (κ3) is 2.15. The first-order valence-corrected chi connectivity index (χ1v) is 7.28. The molecular weight excluding hydrogens is 280 g/mol. The number of hydrogen-bond acceptors (Lipinski definition) is 4. The minimum absolute atomic E-state index is 0.0661. The summed E-state index contributed by atoms with van der Waals surface area (Å²) in [5, 5.41) is 11.1. The highest BCUT2D eigenvalue weighted by Gasteiger charge is 2.36. The molecule has 0 fully saturated rings. The number of para-hydroxylation sites is 1. The molecule has 1 heterocycles. The largest absolute Gasteiger partial charge is 0.506 e. The van der Waals surface area contributed by atoms with Crippen LogP contribution in [0.5, 0.6) is 5.75 Å². The zero-order valence-corrected chi connectivity index (χ0v) is 12.9. The molecule has 0 atom stereocenters. The van der Waals surface area contributed by atoms with Crippen molar-refractivity contribution in [2.75, 3.05) is 0 Å². The van der Waals surface area contributed by atoms with Crippen LogP contribution < -0.4 is 5.63 Å². The maximum Gasteiger partial charge on any atom is 0.347 e. The Bertz CT molecular complexity index is 868. The van der Waals surface area contributed by atoms with Crippen LogP contribution in [0.15, 0.2) is 39.1 Å². The molecule has 114 valence electrons. The molecule has 4 nitrogen and oxygen atoms in total. The summed E-state index contributed by atoms with van der Waals surface area (Å²) < 4.78 is 5.36. The van der Waals surface area contributed by atoms with Gasteiger partial charge in [0, 0.05) is 12.8 Å². The van der Waals surface area contributed by atoms with Crippen molar-refractivity contribution in [3.05, 3.63) is 45.8 Å². The first-order valence-electron chi connectivity index (χ1n) is 7.28. The van der Waals surface area contributed by atoms with Gasteiger partial charge in [-0.1, -0.05) is 31.6 Å². The Morgan fingerprint density at radius 1 is 1.18 bits per heavy atom. The van der Waals surface area contributed by atoms with Crippen LogP contribution in [0.2, 0.25) is 0 Å². The molecule has 1 N–H and O–H groups in total. The standard InChI is InChI=1S/C18H18O4/c1-10-8-11(19)9-18(2,3)15(10)14-16(20)12-6-4-5-7-13(12)22-17(14)21/h4-7,20H,8-9H2,1-3H3. The molecule has 1 aliphatic rings. The summed E-state index contributed by atoms with van der Waals surface area (Å²) in [4.78, 5) is 24.3. The predicted octanol–water partition coefficient (Wildman–Crippen LogP) is 3.66. The highest BCUT2D eigenvalue weighted by molar-refractivity contribution is 5.95. The van der Waals surface area contributed by atoms with E-state index in [0.717, 1.165) is 11.1 Å². The van der Waals surface area contributed by atoms with E-state index >= 15 is 0 Å². The molecule has 0 spiro atoms. The predicted molar refractivity (Wildman–Crippen MR) is 84.8 cm³/mol. The topological polar surface area (TPSA) is 67.5 Å². The van der Waals surface area contributed by atoms with Crippen LogP contribution in [0.4, 0.5) is 0 Å². The van der Waals surface area contributed by atoms with Gasteiger partial charge >= 0.3 is 5.63 Å². The molecule has 0 aliphatic heterocycles.